The van der Waals surface area contributed by atoms with Crippen LogP contribution in [0.15, 0.2) is 0 Å². The molecule has 0 saturated carbocycles. The van der Waals surface area contributed by atoms with Crippen LogP contribution < -0.4 is 5.32 Å². The van der Waals surface area contributed by atoms with Gasteiger partial charge in [-0.2, -0.15) is 13.2 Å². The van der Waals surface area contributed by atoms with Crippen molar-refractivity contribution in [3.05, 3.63) is 0 Å². The summed E-state index contributed by atoms with van der Waals surface area (Å²) in [4.78, 5) is 18.7. The molecule has 8 heteroatoms. The van der Waals surface area contributed by atoms with Crippen LogP contribution in [0.4, 0.5) is 13.2 Å². The van der Waals surface area contributed by atoms with Crippen LogP contribution in [0.2, 0.25) is 0 Å². The normalized spacial score (nSPS) is 27.3. The van der Waals surface area contributed by atoms with Gasteiger partial charge < -0.3 is 10.1 Å². The predicted octanol–water partition coefficient (Wildman–Crippen LogP) is 0.281. The van der Waals surface area contributed by atoms with Crippen LogP contribution in [0.5, 0.6) is 0 Å². The van der Waals surface area contributed by atoms with E-state index in [0.29, 0.717) is 0 Å². The molecule has 1 saturated heterocycles. The smallest absolute Gasteiger partial charge is 0.432 e. The first-order chi connectivity index (χ1) is 6.33. The molecule has 14 heavy (non-hydrogen) atoms. The molecular formula is C6H6F3NO3S. The average molecular weight is 229 g/mol. The van der Waals surface area contributed by atoms with Crippen LogP contribution in [0, 0.1) is 0 Å². The lowest BCUT2D eigenvalue weighted by molar-refractivity contribution is -0.190. The fourth-order valence-electron chi connectivity index (χ4n) is 0.964. The Labute approximate surface area is 81.2 Å². The number of hydrogen-bond acceptors (Lipinski definition) is 4. The van der Waals surface area contributed by atoms with E-state index in [1.165, 1.54) is 0 Å². The van der Waals surface area contributed by atoms with Crippen LogP contribution in [-0.2, 0) is 14.3 Å². The standard InChI is InChI=1S/C6H6F3NO3S/c1-13-4(12)5(6(7,8)9)10-3(11)2-14-5/h2H2,1H3,(H,10,11). The molecule has 0 aliphatic carbocycles. The molecule has 1 amide bonds. The van der Waals surface area contributed by atoms with E-state index in [1.807, 2.05) is 0 Å². The van der Waals surface area contributed by atoms with Gasteiger partial charge in [-0.25, -0.2) is 4.79 Å². The van der Waals surface area contributed by atoms with E-state index in [0.717, 1.165) is 7.11 Å². The molecule has 0 spiro atoms. The molecule has 1 aliphatic rings. The number of halogens is 3. The fraction of sp³-hybridized carbons (Fsp3) is 0.667. The van der Waals surface area contributed by atoms with Crippen molar-refractivity contribution in [2.45, 2.75) is 11.0 Å². The highest BCUT2D eigenvalue weighted by atomic mass is 32.2. The average Bonchev–Trinajstić information content (AvgIpc) is 2.46. The maximum absolute atomic E-state index is 12.5. The second kappa shape index (κ2) is 3.34. The zero-order valence-corrected chi connectivity index (χ0v) is 7.79. The number of carbonyl (C=O) groups is 2. The Morgan fingerprint density at radius 1 is 1.64 bits per heavy atom. The van der Waals surface area contributed by atoms with Gasteiger partial charge in [-0.05, 0) is 0 Å². The van der Waals surface area contributed by atoms with Gasteiger partial charge in [0.1, 0.15) is 0 Å². The Balaban J connectivity index is 3.04. The lowest BCUT2D eigenvalue weighted by Crippen LogP contribution is -2.58. The van der Waals surface area contributed by atoms with Crippen molar-refractivity contribution in [1.82, 2.24) is 5.32 Å². The molecule has 1 rings (SSSR count). The molecule has 0 aromatic heterocycles. The Kier molecular flexibility index (Phi) is 2.66. The highest BCUT2D eigenvalue weighted by Gasteiger charge is 2.66. The SMILES string of the molecule is COC(=O)C1(C(F)(F)F)NC(=O)CS1. The monoisotopic (exact) mass is 229 g/mol. The van der Waals surface area contributed by atoms with Crippen LogP contribution in [0.3, 0.4) is 0 Å². The van der Waals surface area contributed by atoms with Crippen LogP contribution in [-0.4, -0.2) is 35.8 Å². The molecule has 1 aliphatic heterocycles. The van der Waals surface area contributed by atoms with Gasteiger partial charge in [0.05, 0.1) is 12.9 Å². The number of esters is 1. The quantitative estimate of drug-likeness (QED) is 0.656. The van der Waals surface area contributed by atoms with Gasteiger partial charge in [0.2, 0.25) is 5.91 Å². The number of hydrogen-bond donors (Lipinski definition) is 1. The lowest BCUT2D eigenvalue weighted by atomic mass is 10.3. The van der Waals surface area contributed by atoms with E-state index < -0.39 is 28.7 Å². The molecule has 80 valence electrons. The van der Waals surface area contributed by atoms with E-state index in [2.05, 4.69) is 4.74 Å². The van der Waals surface area contributed by atoms with Crippen molar-refractivity contribution >= 4 is 23.6 Å². The first-order valence-corrected chi connectivity index (χ1v) is 4.42. The summed E-state index contributed by atoms with van der Waals surface area (Å²) in [5, 5.41) is 1.58. The zero-order valence-electron chi connectivity index (χ0n) is 6.97. The summed E-state index contributed by atoms with van der Waals surface area (Å²) in [7, 11) is 0.834. The maximum atomic E-state index is 12.5. The first kappa shape index (κ1) is 11.2. The van der Waals surface area contributed by atoms with Gasteiger partial charge >= 0.3 is 12.1 Å². The number of alkyl halides is 3. The second-order valence-electron chi connectivity index (χ2n) is 2.51. The Morgan fingerprint density at radius 2 is 2.21 bits per heavy atom. The van der Waals surface area contributed by atoms with E-state index in [-0.39, 0.29) is 11.8 Å². The molecular weight excluding hydrogens is 223 g/mol. The van der Waals surface area contributed by atoms with Crippen LogP contribution in [0.25, 0.3) is 0 Å². The van der Waals surface area contributed by atoms with Crippen molar-refractivity contribution in [2.24, 2.45) is 0 Å². The summed E-state index contributed by atoms with van der Waals surface area (Å²) in [5.41, 5.74) is 0. The third kappa shape index (κ3) is 1.54. The molecule has 1 fully saturated rings. The summed E-state index contributed by atoms with van der Waals surface area (Å²) < 4.78 is 41.5. The Morgan fingerprint density at radius 3 is 2.50 bits per heavy atom. The molecule has 0 radical (unpaired) electrons. The van der Waals surface area contributed by atoms with Crippen molar-refractivity contribution < 1.29 is 27.5 Å². The van der Waals surface area contributed by atoms with E-state index in [9.17, 15) is 22.8 Å². The van der Waals surface area contributed by atoms with Crippen molar-refractivity contribution in [3.8, 4) is 0 Å². The van der Waals surface area contributed by atoms with Gasteiger partial charge in [0, 0.05) is 0 Å². The molecule has 0 aromatic carbocycles. The number of methoxy groups -OCH3 is 1. The molecule has 1 atom stereocenters. The number of rotatable bonds is 1. The minimum atomic E-state index is -4.86. The number of thioether (sulfide) groups is 1. The van der Waals surface area contributed by atoms with E-state index in [4.69, 9.17) is 0 Å². The summed E-state index contributed by atoms with van der Waals surface area (Å²) in [6.45, 7) is 0. The van der Waals surface area contributed by atoms with E-state index >= 15 is 0 Å². The second-order valence-corrected chi connectivity index (χ2v) is 3.70. The van der Waals surface area contributed by atoms with E-state index in [1.54, 1.807) is 5.32 Å². The third-order valence-corrected chi connectivity index (χ3v) is 2.95. The number of ether oxygens (including phenoxy) is 1. The van der Waals surface area contributed by atoms with Crippen molar-refractivity contribution in [2.75, 3.05) is 12.9 Å². The zero-order chi connectivity index (χ0) is 11.0. The number of amides is 1. The highest BCUT2D eigenvalue weighted by Crippen LogP contribution is 2.43. The molecule has 4 nitrogen and oxygen atoms in total. The molecule has 1 heterocycles. The summed E-state index contributed by atoms with van der Waals surface area (Å²) in [5.74, 6) is -2.76. The fourth-order valence-corrected chi connectivity index (χ4v) is 1.94. The Bertz CT molecular complexity index is 280. The van der Waals surface area contributed by atoms with Gasteiger partial charge in [0.25, 0.3) is 4.87 Å². The summed E-state index contributed by atoms with van der Waals surface area (Å²) in [6, 6.07) is 0. The lowest BCUT2D eigenvalue weighted by Gasteiger charge is -2.26. The topological polar surface area (TPSA) is 55.4 Å². The van der Waals surface area contributed by atoms with Crippen LogP contribution in [0.1, 0.15) is 0 Å². The largest absolute Gasteiger partial charge is 0.466 e. The Hall–Kier alpha value is -0.920. The highest BCUT2D eigenvalue weighted by molar-refractivity contribution is 8.02. The summed E-state index contributed by atoms with van der Waals surface area (Å²) in [6.07, 6.45) is -4.86. The first-order valence-electron chi connectivity index (χ1n) is 3.43. The minimum Gasteiger partial charge on any atom is -0.466 e. The van der Waals surface area contributed by atoms with Crippen LogP contribution >= 0.6 is 11.8 Å². The predicted molar refractivity (Wildman–Crippen MR) is 41.4 cm³/mol. The van der Waals surface area contributed by atoms with Gasteiger partial charge in [0.15, 0.2) is 0 Å². The van der Waals surface area contributed by atoms with Gasteiger partial charge in [-0.1, -0.05) is 0 Å². The minimum absolute atomic E-state index is 0.177. The van der Waals surface area contributed by atoms with Crippen molar-refractivity contribution in [1.29, 1.82) is 0 Å². The van der Waals surface area contributed by atoms with Gasteiger partial charge in [-0.3, -0.25) is 4.79 Å². The number of nitrogens with one attached hydrogen (secondary N) is 1. The number of carbonyl (C=O) groups excluding carboxylic acids is 2. The van der Waals surface area contributed by atoms with Crippen molar-refractivity contribution in [3.63, 3.8) is 0 Å². The molecule has 0 bridgehead atoms. The molecule has 1 unspecified atom stereocenters. The van der Waals surface area contributed by atoms with Gasteiger partial charge in [-0.15, -0.1) is 11.8 Å². The third-order valence-electron chi connectivity index (χ3n) is 1.61. The summed E-state index contributed by atoms with van der Waals surface area (Å²) >= 11 is 0.177. The maximum Gasteiger partial charge on any atom is 0.432 e. The molecule has 0 aromatic rings. The molecule has 1 N–H and O–H groups in total.